The van der Waals surface area contributed by atoms with Gasteiger partial charge in [-0.1, -0.05) is 41.0 Å². The maximum Gasteiger partial charge on any atom is 0.243 e. The molecule has 10 heteroatoms. The van der Waals surface area contributed by atoms with Crippen LogP contribution in [0.5, 0.6) is 0 Å². The van der Waals surface area contributed by atoms with Crippen molar-refractivity contribution in [3.8, 4) is 5.69 Å². The van der Waals surface area contributed by atoms with Crippen molar-refractivity contribution in [2.24, 2.45) is 0 Å². The number of nitrogens with zero attached hydrogens (tertiary/aromatic N) is 3. The first-order valence-electron chi connectivity index (χ1n) is 8.54. The monoisotopic (exact) mass is 449 g/mol. The van der Waals surface area contributed by atoms with Crippen LogP contribution in [0.3, 0.4) is 0 Å². The molecule has 0 fully saturated rings. The summed E-state index contributed by atoms with van der Waals surface area (Å²) < 4.78 is 1.75. The normalized spacial score (nSPS) is 10.6. The molecule has 150 valence electrons. The molecular weight excluding hydrogens is 433 g/mol. The number of hydrogen-bond acceptors (Lipinski definition) is 5. The molecule has 2 N–H and O–H groups in total. The minimum Gasteiger partial charge on any atom is -0.346 e. The topological polar surface area (TPSA) is 88.9 Å². The van der Waals surface area contributed by atoms with Crippen LogP contribution in [0.2, 0.25) is 10.0 Å². The van der Waals surface area contributed by atoms with Gasteiger partial charge in [0, 0.05) is 15.7 Å². The van der Waals surface area contributed by atoms with Crippen molar-refractivity contribution in [3.63, 3.8) is 0 Å². The summed E-state index contributed by atoms with van der Waals surface area (Å²) in [5.41, 5.74) is 2.37. The van der Waals surface area contributed by atoms with E-state index in [-0.39, 0.29) is 24.1 Å². The van der Waals surface area contributed by atoms with Gasteiger partial charge in [-0.05, 0) is 48.9 Å². The minimum atomic E-state index is -0.330. The predicted octanol–water partition coefficient (Wildman–Crippen LogP) is 3.73. The Morgan fingerprint density at radius 3 is 2.59 bits per heavy atom. The summed E-state index contributed by atoms with van der Waals surface area (Å²) in [7, 11) is 0. The summed E-state index contributed by atoms with van der Waals surface area (Å²) in [6.07, 6.45) is 1.56. The van der Waals surface area contributed by atoms with Gasteiger partial charge in [-0.3, -0.25) is 14.2 Å². The third-order valence-electron chi connectivity index (χ3n) is 3.86. The van der Waals surface area contributed by atoms with Gasteiger partial charge >= 0.3 is 0 Å². The van der Waals surface area contributed by atoms with E-state index in [2.05, 4.69) is 20.8 Å². The van der Waals surface area contributed by atoms with Gasteiger partial charge in [-0.2, -0.15) is 0 Å². The number of hydrogen-bond donors (Lipinski definition) is 2. The first-order valence-corrected chi connectivity index (χ1v) is 10.3. The van der Waals surface area contributed by atoms with Crippen LogP contribution in [-0.4, -0.2) is 38.9 Å². The number of carbonyl (C=O) groups is 2. The molecule has 1 aromatic heterocycles. The molecule has 0 aliphatic rings. The molecule has 0 spiro atoms. The highest BCUT2D eigenvalue weighted by Crippen LogP contribution is 2.23. The van der Waals surface area contributed by atoms with E-state index >= 15 is 0 Å². The molecule has 0 saturated heterocycles. The average molecular weight is 450 g/mol. The number of carbonyl (C=O) groups excluding carboxylic acids is 2. The molecule has 7 nitrogen and oxygen atoms in total. The van der Waals surface area contributed by atoms with Gasteiger partial charge in [-0.15, -0.1) is 10.2 Å². The minimum absolute atomic E-state index is 0.0898. The first-order chi connectivity index (χ1) is 13.9. The number of amides is 2. The lowest BCUT2D eigenvalue weighted by Gasteiger charge is -2.09. The van der Waals surface area contributed by atoms with Crippen molar-refractivity contribution in [1.82, 2.24) is 20.1 Å². The molecule has 0 unspecified atom stereocenters. The summed E-state index contributed by atoms with van der Waals surface area (Å²) in [4.78, 5) is 24.0. The van der Waals surface area contributed by atoms with Crippen LogP contribution in [0.25, 0.3) is 5.69 Å². The smallest absolute Gasteiger partial charge is 0.243 e. The molecule has 29 heavy (non-hydrogen) atoms. The Morgan fingerprint density at radius 2 is 1.86 bits per heavy atom. The van der Waals surface area contributed by atoms with Crippen LogP contribution < -0.4 is 10.6 Å². The van der Waals surface area contributed by atoms with Gasteiger partial charge in [0.05, 0.1) is 18.0 Å². The molecule has 0 aliphatic carbocycles. The second-order valence-corrected chi connectivity index (χ2v) is 7.82. The summed E-state index contributed by atoms with van der Waals surface area (Å²) >= 11 is 13.2. The third-order valence-corrected chi connectivity index (χ3v) is 5.46. The second-order valence-electron chi connectivity index (χ2n) is 6.04. The number of nitrogens with one attached hydrogen (secondary N) is 2. The largest absolute Gasteiger partial charge is 0.346 e. The molecule has 2 aromatic carbocycles. The number of aromatic nitrogens is 3. The highest BCUT2D eigenvalue weighted by molar-refractivity contribution is 7.99. The number of thioether (sulfide) groups is 1. The van der Waals surface area contributed by atoms with Crippen LogP contribution in [-0.2, 0) is 9.59 Å². The van der Waals surface area contributed by atoms with E-state index < -0.39 is 0 Å². The van der Waals surface area contributed by atoms with Gasteiger partial charge in [0.1, 0.15) is 6.33 Å². The van der Waals surface area contributed by atoms with Crippen LogP contribution in [0, 0.1) is 6.92 Å². The molecule has 0 bridgehead atoms. The number of rotatable bonds is 7. The van der Waals surface area contributed by atoms with Crippen LogP contribution in [0.15, 0.2) is 53.9 Å². The SMILES string of the molecule is Cc1ccc(-n2cnnc2SCC(=O)NCC(=O)Nc2ccc(Cl)cc2)cc1Cl. The van der Waals surface area contributed by atoms with Gasteiger partial charge in [0.15, 0.2) is 5.16 Å². The zero-order chi connectivity index (χ0) is 20.8. The first kappa shape index (κ1) is 21.2. The van der Waals surface area contributed by atoms with E-state index in [1.807, 2.05) is 25.1 Å². The number of anilines is 1. The van der Waals surface area contributed by atoms with Crippen molar-refractivity contribution in [1.29, 1.82) is 0 Å². The Kier molecular flexibility index (Phi) is 7.13. The van der Waals surface area contributed by atoms with Crippen LogP contribution in [0.1, 0.15) is 5.56 Å². The lowest BCUT2D eigenvalue weighted by molar-refractivity contribution is -0.122. The molecule has 3 rings (SSSR count). The van der Waals surface area contributed by atoms with E-state index in [9.17, 15) is 9.59 Å². The molecule has 2 amide bonds. The third kappa shape index (κ3) is 5.96. The quantitative estimate of drug-likeness (QED) is 0.536. The number of halogens is 2. The van der Waals surface area contributed by atoms with Crippen molar-refractivity contribution >= 4 is 52.5 Å². The number of aryl methyl sites for hydroxylation is 1. The molecule has 3 aromatic rings. The van der Waals surface area contributed by atoms with Crippen molar-refractivity contribution in [2.45, 2.75) is 12.1 Å². The fraction of sp³-hybridized carbons (Fsp3) is 0.158. The molecular formula is C19H17Cl2N5O2S. The van der Waals surface area contributed by atoms with E-state index in [4.69, 9.17) is 23.2 Å². The van der Waals surface area contributed by atoms with Gasteiger partial charge in [-0.25, -0.2) is 0 Å². The fourth-order valence-corrected chi connectivity index (χ4v) is 3.39. The Labute approximate surface area is 181 Å². The van der Waals surface area contributed by atoms with Gasteiger partial charge < -0.3 is 10.6 Å². The second kappa shape index (κ2) is 9.78. The number of benzene rings is 2. The predicted molar refractivity (Wildman–Crippen MR) is 115 cm³/mol. The Hall–Kier alpha value is -2.55. The summed E-state index contributed by atoms with van der Waals surface area (Å²) in [5, 5.41) is 15.0. The lowest BCUT2D eigenvalue weighted by Crippen LogP contribution is -2.33. The highest BCUT2D eigenvalue weighted by atomic mass is 35.5. The van der Waals surface area contributed by atoms with Crippen LogP contribution >= 0.6 is 35.0 Å². The lowest BCUT2D eigenvalue weighted by atomic mass is 10.2. The molecule has 0 radical (unpaired) electrons. The maximum atomic E-state index is 12.1. The van der Waals surface area contributed by atoms with Gasteiger partial charge in [0.2, 0.25) is 11.8 Å². The van der Waals surface area contributed by atoms with Crippen molar-refractivity contribution < 1.29 is 9.59 Å². The van der Waals surface area contributed by atoms with E-state index in [0.29, 0.717) is 20.9 Å². The highest BCUT2D eigenvalue weighted by Gasteiger charge is 2.12. The summed E-state index contributed by atoms with van der Waals surface area (Å²) in [6, 6.07) is 12.3. The summed E-state index contributed by atoms with van der Waals surface area (Å²) in [5.74, 6) is -0.534. The zero-order valence-electron chi connectivity index (χ0n) is 15.4. The van der Waals surface area contributed by atoms with Crippen molar-refractivity contribution in [2.75, 3.05) is 17.6 Å². The summed E-state index contributed by atoms with van der Waals surface area (Å²) in [6.45, 7) is 1.78. The standard InChI is InChI=1S/C19H17Cl2N5O2S/c1-12-2-7-15(8-16(12)21)26-11-23-25-19(26)29-10-18(28)22-9-17(27)24-14-5-3-13(20)4-6-14/h2-8,11H,9-10H2,1H3,(H,22,28)(H,24,27). The van der Waals surface area contributed by atoms with Gasteiger partial charge in [0.25, 0.3) is 0 Å². The van der Waals surface area contributed by atoms with Crippen molar-refractivity contribution in [3.05, 3.63) is 64.4 Å². The Bertz CT molecular complexity index is 1020. The Morgan fingerprint density at radius 1 is 1.10 bits per heavy atom. The molecule has 0 saturated carbocycles. The van der Waals surface area contributed by atoms with E-state index in [1.54, 1.807) is 35.2 Å². The van der Waals surface area contributed by atoms with Crippen LogP contribution in [0.4, 0.5) is 5.69 Å². The zero-order valence-corrected chi connectivity index (χ0v) is 17.7. The maximum absolute atomic E-state index is 12.1. The Balaban J connectivity index is 1.50. The molecule has 0 atom stereocenters. The van der Waals surface area contributed by atoms with E-state index in [0.717, 1.165) is 11.3 Å². The molecule has 0 aliphatic heterocycles. The average Bonchev–Trinajstić information content (AvgIpc) is 3.17. The fourth-order valence-electron chi connectivity index (χ4n) is 2.33. The molecule has 1 heterocycles. The van der Waals surface area contributed by atoms with E-state index in [1.165, 1.54) is 11.8 Å².